The van der Waals surface area contributed by atoms with Gasteiger partial charge in [-0.3, -0.25) is 10.1 Å². The molecule has 0 spiro atoms. The van der Waals surface area contributed by atoms with Crippen molar-refractivity contribution >= 4 is 11.8 Å². The van der Waals surface area contributed by atoms with Crippen LogP contribution in [0, 0.1) is 17.0 Å². The van der Waals surface area contributed by atoms with Crippen LogP contribution in [-0.2, 0) is 0 Å². The maximum atomic E-state index is 10.5. The molecule has 1 heterocycles. The van der Waals surface area contributed by atoms with Crippen LogP contribution in [0.3, 0.4) is 0 Å². The minimum absolute atomic E-state index is 0.0579. The highest BCUT2D eigenvalue weighted by Crippen LogP contribution is 2.25. The van der Waals surface area contributed by atoms with Crippen molar-refractivity contribution in [1.29, 1.82) is 0 Å². The van der Waals surface area contributed by atoms with Crippen LogP contribution in [0.2, 0.25) is 0 Å². The van der Waals surface area contributed by atoms with Crippen molar-refractivity contribution in [3.05, 3.63) is 63.8 Å². The average Bonchev–Trinajstić information content (AvgIpc) is 2.43. The Hall–Kier alpha value is -2.69. The highest BCUT2D eigenvalue weighted by Gasteiger charge is 2.07. The molecule has 0 saturated carbocycles. The Balaban J connectivity index is 2.19. The van der Waals surface area contributed by atoms with E-state index < -0.39 is 4.92 Å². The van der Waals surface area contributed by atoms with E-state index >= 15 is 0 Å². The standard InChI is InChI=1S/C15H14N2O3/c1-3-4-12-5-7-14(11(2)9-12)20-15-8-6-13(10-16-15)17(18)19/h3-10H,1-2H3/b4-3+. The van der Waals surface area contributed by atoms with Gasteiger partial charge in [0.25, 0.3) is 5.69 Å². The number of rotatable bonds is 4. The molecule has 1 aromatic heterocycles. The molecule has 0 bridgehead atoms. The first kappa shape index (κ1) is 13.7. The molecule has 5 nitrogen and oxygen atoms in total. The van der Waals surface area contributed by atoms with E-state index in [9.17, 15) is 10.1 Å². The summed E-state index contributed by atoms with van der Waals surface area (Å²) >= 11 is 0. The molecule has 0 saturated heterocycles. The van der Waals surface area contributed by atoms with E-state index in [1.54, 1.807) is 0 Å². The zero-order valence-corrected chi connectivity index (χ0v) is 11.2. The molecular formula is C15H14N2O3. The molecule has 0 N–H and O–H groups in total. The Kier molecular flexibility index (Phi) is 4.10. The fraction of sp³-hybridized carbons (Fsp3) is 0.133. The number of hydrogen-bond acceptors (Lipinski definition) is 4. The van der Waals surface area contributed by atoms with Crippen molar-refractivity contribution in [3.8, 4) is 11.6 Å². The first-order valence-electron chi connectivity index (χ1n) is 6.12. The van der Waals surface area contributed by atoms with Gasteiger partial charge in [0.05, 0.1) is 4.92 Å². The first-order valence-corrected chi connectivity index (χ1v) is 6.12. The highest BCUT2D eigenvalue weighted by atomic mass is 16.6. The molecule has 1 aromatic carbocycles. The van der Waals surface area contributed by atoms with Gasteiger partial charge in [0.2, 0.25) is 5.88 Å². The number of hydrogen-bond donors (Lipinski definition) is 0. The predicted octanol–water partition coefficient (Wildman–Crippen LogP) is 4.12. The smallest absolute Gasteiger partial charge is 0.287 e. The molecule has 0 fully saturated rings. The topological polar surface area (TPSA) is 65.3 Å². The molecule has 102 valence electrons. The zero-order valence-electron chi connectivity index (χ0n) is 11.2. The Labute approximate surface area is 116 Å². The van der Waals surface area contributed by atoms with Gasteiger partial charge >= 0.3 is 0 Å². The fourth-order valence-electron chi connectivity index (χ4n) is 1.74. The van der Waals surface area contributed by atoms with E-state index in [0.717, 1.165) is 11.1 Å². The second-order valence-electron chi connectivity index (χ2n) is 4.24. The van der Waals surface area contributed by atoms with Crippen LogP contribution in [-0.4, -0.2) is 9.91 Å². The zero-order chi connectivity index (χ0) is 14.5. The Morgan fingerprint density at radius 1 is 1.30 bits per heavy atom. The van der Waals surface area contributed by atoms with Crippen molar-refractivity contribution in [1.82, 2.24) is 4.98 Å². The molecule has 0 amide bonds. The third-order valence-corrected chi connectivity index (χ3v) is 2.70. The van der Waals surface area contributed by atoms with E-state index in [0.29, 0.717) is 11.6 Å². The van der Waals surface area contributed by atoms with Gasteiger partial charge in [0, 0.05) is 12.1 Å². The first-order chi connectivity index (χ1) is 9.60. The van der Waals surface area contributed by atoms with Crippen molar-refractivity contribution < 1.29 is 9.66 Å². The molecule has 2 rings (SSSR count). The summed E-state index contributed by atoms with van der Waals surface area (Å²) in [5, 5.41) is 10.5. The normalized spacial score (nSPS) is 10.7. The summed E-state index contributed by atoms with van der Waals surface area (Å²) in [4.78, 5) is 14.0. The van der Waals surface area contributed by atoms with Crippen molar-refractivity contribution in [2.75, 3.05) is 0 Å². The monoisotopic (exact) mass is 270 g/mol. The summed E-state index contributed by atoms with van der Waals surface area (Å²) in [7, 11) is 0. The molecular weight excluding hydrogens is 256 g/mol. The fourth-order valence-corrected chi connectivity index (χ4v) is 1.74. The van der Waals surface area contributed by atoms with E-state index in [-0.39, 0.29) is 5.69 Å². The second kappa shape index (κ2) is 5.97. The van der Waals surface area contributed by atoms with Gasteiger partial charge < -0.3 is 4.74 Å². The number of aryl methyl sites for hydroxylation is 1. The van der Waals surface area contributed by atoms with Gasteiger partial charge in [-0.2, -0.15) is 0 Å². The van der Waals surface area contributed by atoms with E-state index in [4.69, 9.17) is 4.74 Å². The van der Waals surface area contributed by atoms with E-state index in [1.165, 1.54) is 18.3 Å². The summed E-state index contributed by atoms with van der Waals surface area (Å²) in [6.07, 6.45) is 5.15. The molecule has 5 heteroatoms. The van der Waals surface area contributed by atoms with Crippen molar-refractivity contribution in [2.45, 2.75) is 13.8 Å². The number of pyridine rings is 1. The minimum atomic E-state index is -0.492. The Morgan fingerprint density at radius 3 is 2.65 bits per heavy atom. The number of nitrogens with zero attached hydrogens (tertiary/aromatic N) is 2. The lowest BCUT2D eigenvalue weighted by Crippen LogP contribution is -1.93. The maximum Gasteiger partial charge on any atom is 0.287 e. The molecule has 0 unspecified atom stereocenters. The van der Waals surface area contributed by atoms with Gasteiger partial charge in [0.15, 0.2) is 0 Å². The van der Waals surface area contributed by atoms with Crippen molar-refractivity contribution in [2.24, 2.45) is 0 Å². The molecule has 2 aromatic rings. The summed E-state index contributed by atoms with van der Waals surface area (Å²) in [6.45, 7) is 3.90. The Bertz CT molecular complexity index is 649. The average molecular weight is 270 g/mol. The van der Waals surface area contributed by atoms with Crippen LogP contribution in [0.25, 0.3) is 6.08 Å². The van der Waals surface area contributed by atoms with Crippen LogP contribution in [0.15, 0.2) is 42.6 Å². The Morgan fingerprint density at radius 2 is 2.10 bits per heavy atom. The minimum Gasteiger partial charge on any atom is -0.439 e. The quantitative estimate of drug-likeness (QED) is 0.619. The highest BCUT2D eigenvalue weighted by molar-refractivity contribution is 5.53. The number of allylic oxidation sites excluding steroid dienone is 1. The lowest BCUT2D eigenvalue weighted by atomic mass is 10.1. The summed E-state index contributed by atoms with van der Waals surface area (Å²) in [5.41, 5.74) is 2.01. The molecule has 20 heavy (non-hydrogen) atoms. The lowest BCUT2D eigenvalue weighted by Gasteiger charge is -2.08. The van der Waals surface area contributed by atoms with E-state index in [1.807, 2.05) is 44.2 Å². The molecule has 0 radical (unpaired) electrons. The molecule has 0 aliphatic rings. The van der Waals surface area contributed by atoms with Gasteiger partial charge in [-0.15, -0.1) is 0 Å². The molecule has 0 aliphatic carbocycles. The summed E-state index contributed by atoms with van der Waals surface area (Å²) in [5.74, 6) is 1.01. The number of ether oxygens (including phenoxy) is 1. The van der Waals surface area contributed by atoms with Crippen LogP contribution in [0.1, 0.15) is 18.1 Å². The van der Waals surface area contributed by atoms with E-state index in [2.05, 4.69) is 4.98 Å². The number of aromatic nitrogens is 1. The van der Waals surface area contributed by atoms with Crippen LogP contribution >= 0.6 is 0 Å². The largest absolute Gasteiger partial charge is 0.439 e. The van der Waals surface area contributed by atoms with Gasteiger partial charge in [-0.05, 0) is 37.1 Å². The van der Waals surface area contributed by atoms with Crippen molar-refractivity contribution in [3.63, 3.8) is 0 Å². The van der Waals surface area contributed by atoms with Crippen LogP contribution in [0.4, 0.5) is 5.69 Å². The third kappa shape index (κ3) is 3.20. The van der Waals surface area contributed by atoms with Gasteiger partial charge in [-0.1, -0.05) is 18.2 Å². The van der Waals surface area contributed by atoms with Crippen LogP contribution in [0.5, 0.6) is 11.6 Å². The van der Waals surface area contributed by atoms with Gasteiger partial charge in [0.1, 0.15) is 11.9 Å². The summed E-state index contributed by atoms with van der Waals surface area (Å²) in [6, 6.07) is 8.64. The predicted molar refractivity (Wildman–Crippen MR) is 76.9 cm³/mol. The van der Waals surface area contributed by atoms with Crippen LogP contribution < -0.4 is 4.74 Å². The molecule has 0 atom stereocenters. The SMILES string of the molecule is C/C=C/c1ccc(Oc2ccc([N+](=O)[O-])cn2)c(C)c1. The molecule has 0 aliphatic heterocycles. The van der Waals surface area contributed by atoms with Gasteiger partial charge in [-0.25, -0.2) is 4.98 Å². The number of nitro groups is 1. The maximum absolute atomic E-state index is 10.5. The second-order valence-corrected chi connectivity index (χ2v) is 4.24. The lowest BCUT2D eigenvalue weighted by molar-refractivity contribution is -0.385. The number of benzene rings is 1. The third-order valence-electron chi connectivity index (χ3n) is 2.70. The summed E-state index contributed by atoms with van der Waals surface area (Å²) < 4.78 is 5.62.